The van der Waals surface area contributed by atoms with Crippen LogP contribution in [0.15, 0.2) is 61.3 Å². The Hall–Kier alpha value is -5.62. The third-order valence-electron chi connectivity index (χ3n) is 12.3. The molecule has 12 nitrogen and oxygen atoms in total. The van der Waals surface area contributed by atoms with E-state index in [-0.39, 0.29) is 24.0 Å². The first-order valence-electron chi connectivity index (χ1n) is 20.3. The zero-order chi connectivity index (χ0) is 39.8. The van der Waals surface area contributed by atoms with Gasteiger partial charge in [0.25, 0.3) is 11.8 Å². The summed E-state index contributed by atoms with van der Waals surface area (Å²) >= 11 is 0. The predicted molar refractivity (Wildman–Crippen MR) is 221 cm³/mol. The van der Waals surface area contributed by atoms with Crippen LogP contribution in [0, 0.1) is 6.92 Å². The second-order valence-corrected chi connectivity index (χ2v) is 15.9. The lowest BCUT2D eigenvalue weighted by Crippen LogP contribution is -2.54. The number of carbonyl (C=O) groups is 4. The first-order chi connectivity index (χ1) is 27.6. The quantitative estimate of drug-likeness (QED) is 0.126. The van der Waals surface area contributed by atoms with Gasteiger partial charge in [-0.05, 0) is 99.4 Å². The molecule has 0 aliphatic carbocycles. The van der Waals surface area contributed by atoms with Gasteiger partial charge in [0, 0.05) is 74.6 Å². The van der Waals surface area contributed by atoms with Crippen molar-refractivity contribution in [2.75, 3.05) is 69.3 Å². The smallest absolute Gasteiger partial charge is 0.266 e. The molecule has 1 aromatic heterocycles. The number of hydrogen-bond acceptors (Lipinski definition) is 9. The molecule has 3 aromatic carbocycles. The summed E-state index contributed by atoms with van der Waals surface area (Å²) in [6.07, 6.45) is 6.50. The Morgan fingerprint density at radius 3 is 2.33 bits per heavy atom. The first-order valence-corrected chi connectivity index (χ1v) is 20.3. The molecule has 4 amide bonds. The number of allylic oxidation sites excluding steroid dienone is 1. The van der Waals surface area contributed by atoms with E-state index in [2.05, 4.69) is 88.0 Å². The molecule has 0 bridgehead atoms. The number of anilines is 2. The van der Waals surface area contributed by atoms with Crippen molar-refractivity contribution in [3.63, 3.8) is 0 Å². The Balaban J connectivity index is 0.770. The number of aryl methyl sites for hydroxylation is 1. The van der Waals surface area contributed by atoms with E-state index in [1.54, 1.807) is 12.1 Å². The normalized spacial score (nSPS) is 19.4. The SMILES string of the molecule is C=C(C)c1c[nH]c2c(N3CCC(c4ccc(OCCCCN5CCN(c6cc(OC)c7c(c6)C(=O)N(C6CCC(=O)NC6=O)C7=O)CC5)cc4)CC3)ccc(C)c12. The van der Waals surface area contributed by atoms with Crippen LogP contribution in [-0.4, -0.2) is 104 Å². The van der Waals surface area contributed by atoms with Gasteiger partial charge in [-0.2, -0.15) is 0 Å². The van der Waals surface area contributed by atoms with Gasteiger partial charge in [-0.15, -0.1) is 0 Å². The number of piperazine rings is 1. The van der Waals surface area contributed by atoms with E-state index in [1.807, 2.05) is 0 Å². The molecular weight excluding hydrogens is 721 g/mol. The van der Waals surface area contributed by atoms with Gasteiger partial charge < -0.3 is 24.3 Å². The van der Waals surface area contributed by atoms with E-state index in [4.69, 9.17) is 9.47 Å². The fraction of sp³-hybridized carbons (Fsp3) is 0.422. The highest BCUT2D eigenvalue weighted by Gasteiger charge is 2.46. The van der Waals surface area contributed by atoms with Gasteiger partial charge in [0.1, 0.15) is 17.5 Å². The van der Waals surface area contributed by atoms with Crippen LogP contribution in [0.3, 0.4) is 0 Å². The van der Waals surface area contributed by atoms with Crippen LogP contribution in [0.25, 0.3) is 16.5 Å². The average Bonchev–Trinajstić information content (AvgIpc) is 3.78. The Kier molecular flexibility index (Phi) is 10.8. The lowest BCUT2D eigenvalue weighted by atomic mass is 9.89. The number of unbranched alkanes of at least 4 members (excludes halogenated alkanes) is 1. The molecule has 1 atom stereocenters. The molecule has 0 radical (unpaired) electrons. The zero-order valence-corrected chi connectivity index (χ0v) is 33.2. The maximum absolute atomic E-state index is 13.5. The number of methoxy groups -OCH3 is 1. The van der Waals surface area contributed by atoms with Crippen LogP contribution in [0.2, 0.25) is 0 Å². The second kappa shape index (κ2) is 16.1. The van der Waals surface area contributed by atoms with Gasteiger partial charge in [-0.25, -0.2) is 0 Å². The summed E-state index contributed by atoms with van der Waals surface area (Å²) in [5.41, 5.74) is 8.65. The summed E-state index contributed by atoms with van der Waals surface area (Å²) in [5.74, 6) is -0.373. The molecule has 12 heteroatoms. The molecule has 2 N–H and O–H groups in total. The van der Waals surface area contributed by atoms with Crippen LogP contribution in [0.4, 0.5) is 11.4 Å². The van der Waals surface area contributed by atoms with Crippen molar-refractivity contribution in [1.29, 1.82) is 0 Å². The summed E-state index contributed by atoms with van der Waals surface area (Å²) in [7, 11) is 1.47. The van der Waals surface area contributed by atoms with Gasteiger partial charge >= 0.3 is 0 Å². The minimum absolute atomic E-state index is 0.0731. The topological polar surface area (TPSA) is 128 Å². The molecule has 4 aliphatic heterocycles. The van der Waals surface area contributed by atoms with E-state index in [9.17, 15) is 19.2 Å². The van der Waals surface area contributed by atoms with Crippen molar-refractivity contribution >= 4 is 51.5 Å². The zero-order valence-electron chi connectivity index (χ0n) is 33.2. The Morgan fingerprint density at radius 1 is 0.877 bits per heavy atom. The molecule has 3 saturated heterocycles. The molecule has 8 rings (SSSR count). The molecular formula is C45H52N6O6. The first kappa shape index (κ1) is 38.3. The van der Waals surface area contributed by atoms with Gasteiger partial charge in [-0.3, -0.25) is 34.3 Å². The van der Waals surface area contributed by atoms with Crippen LogP contribution < -0.4 is 24.6 Å². The molecule has 298 valence electrons. The Labute approximate surface area is 333 Å². The number of ether oxygens (including phenoxy) is 2. The highest BCUT2D eigenvalue weighted by atomic mass is 16.5. The van der Waals surface area contributed by atoms with E-state index in [1.165, 1.54) is 40.4 Å². The van der Waals surface area contributed by atoms with Crippen LogP contribution in [-0.2, 0) is 9.59 Å². The Morgan fingerprint density at radius 2 is 1.63 bits per heavy atom. The minimum atomic E-state index is -1.02. The highest BCUT2D eigenvalue weighted by molar-refractivity contribution is 6.25. The number of fused-ring (bicyclic) bond motifs is 2. The van der Waals surface area contributed by atoms with Crippen LogP contribution in [0.1, 0.15) is 88.8 Å². The van der Waals surface area contributed by atoms with Crippen molar-refractivity contribution in [2.45, 2.75) is 64.3 Å². The summed E-state index contributed by atoms with van der Waals surface area (Å²) in [6.45, 7) is 15.4. The molecule has 0 saturated carbocycles. The molecule has 57 heavy (non-hydrogen) atoms. The third kappa shape index (κ3) is 7.50. The maximum Gasteiger partial charge on any atom is 0.266 e. The number of H-pyrrole nitrogens is 1. The summed E-state index contributed by atoms with van der Waals surface area (Å²) in [4.78, 5) is 62.7. The van der Waals surface area contributed by atoms with Crippen molar-refractivity contribution in [2.24, 2.45) is 0 Å². The number of carbonyl (C=O) groups excluding carboxylic acids is 4. The highest BCUT2D eigenvalue weighted by Crippen LogP contribution is 2.39. The fourth-order valence-electron chi connectivity index (χ4n) is 9.04. The molecule has 4 aliphatic rings. The average molecular weight is 773 g/mol. The van der Waals surface area contributed by atoms with Crippen LogP contribution in [0.5, 0.6) is 11.5 Å². The van der Waals surface area contributed by atoms with Gasteiger partial charge in [0.05, 0.1) is 36.0 Å². The van der Waals surface area contributed by atoms with Gasteiger partial charge in [0.2, 0.25) is 11.8 Å². The largest absolute Gasteiger partial charge is 0.496 e. The van der Waals surface area contributed by atoms with Crippen molar-refractivity contribution < 1.29 is 28.7 Å². The van der Waals surface area contributed by atoms with Gasteiger partial charge in [-0.1, -0.05) is 24.8 Å². The second-order valence-electron chi connectivity index (χ2n) is 15.9. The van der Waals surface area contributed by atoms with Crippen molar-refractivity contribution in [3.8, 4) is 11.5 Å². The maximum atomic E-state index is 13.5. The molecule has 1 unspecified atom stereocenters. The molecule has 5 heterocycles. The summed E-state index contributed by atoms with van der Waals surface area (Å²) in [6, 6.07) is 15.7. The van der Waals surface area contributed by atoms with E-state index >= 15 is 0 Å². The third-order valence-corrected chi connectivity index (χ3v) is 12.3. The molecule has 3 fully saturated rings. The Bertz CT molecular complexity index is 2210. The van der Waals surface area contributed by atoms with Crippen molar-refractivity contribution in [1.82, 2.24) is 20.1 Å². The number of rotatable bonds is 12. The monoisotopic (exact) mass is 772 g/mol. The van der Waals surface area contributed by atoms with E-state index in [0.717, 1.165) is 93.4 Å². The summed E-state index contributed by atoms with van der Waals surface area (Å²) < 4.78 is 11.7. The number of nitrogens with one attached hydrogen (secondary N) is 2. The van der Waals surface area contributed by atoms with Crippen molar-refractivity contribution in [3.05, 3.63) is 89.1 Å². The minimum Gasteiger partial charge on any atom is -0.496 e. The number of amides is 4. The molecule has 4 aromatic rings. The number of imide groups is 2. The predicted octanol–water partition coefficient (Wildman–Crippen LogP) is 6.28. The molecule has 0 spiro atoms. The number of aromatic nitrogens is 1. The van der Waals surface area contributed by atoms with Gasteiger partial charge in [0.15, 0.2) is 0 Å². The lowest BCUT2D eigenvalue weighted by molar-refractivity contribution is -0.136. The number of piperidine rings is 2. The lowest BCUT2D eigenvalue weighted by Gasteiger charge is -2.36. The standard InChI is InChI=1S/C45H52N6O6/c1-28(2)35-27-46-42-36(12-7-29(3)40(35)42)50-18-15-31(16-19-50)30-8-10-33(11-9-30)57-24-6-5-17-48-20-22-49(23-21-48)32-25-34-41(38(26-32)56-4)45(55)51(44(34)54)37-13-14-39(52)47-43(37)53/h7-12,25-27,31,37,46H,1,5-6,13-24H2,2-4H3,(H,47,52,53). The fourth-order valence-corrected chi connectivity index (χ4v) is 9.04. The van der Waals surface area contributed by atoms with Crippen LogP contribution >= 0.6 is 0 Å². The number of benzene rings is 3. The summed E-state index contributed by atoms with van der Waals surface area (Å²) in [5, 5.41) is 3.53. The number of nitrogens with zero attached hydrogens (tertiary/aromatic N) is 4. The number of aromatic amines is 1. The number of hydrogen-bond donors (Lipinski definition) is 2. The van der Waals surface area contributed by atoms with E-state index in [0.29, 0.717) is 18.3 Å². The van der Waals surface area contributed by atoms with E-state index < -0.39 is 29.7 Å².